The van der Waals surface area contributed by atoms with Gasteiger partial charge in [0.05, 0.1) is 5.39 Å². The molecule has 0 fully saturated rings. The van der Waals surface area contributed by atoms with Crippen LogP contribution in [-0.4, -0.2) is 38.0 Å². The molecule has 0 saturated heterocycles. The molecule has 20 heavy (non-hydrogen) atoms. The standard InChI is InChI=1S/C14H16O6/c1-17-7-19-11-4-9-3-10(15)5-12(16)14(9)13(6-11)20-8-18-2/h3-6,15-16H,7-8H2,1-2H3. The number of ether oxygens (including phenoxy) is 4. The van der Waals surface area contributed by atoms with Gasteiger partial charge in [-0.05, 0) is 17.5 Å². The second-order valence-electron chi connectivity index (χ2n) is 4.09. The Balaban J connectivity index is 2.52. The highest BCUT2D eigenvalue weighted by molar-refractivity contribution is 5.95. The summed E-state index contributed by atoms with van der Waals surface area (Å²) in [6.45, 7) is 0.114. The van der Waals surface area contributed by atoms with Gasteiger partial charge in [-0.25, -0.2) is 0 Å². The summed E-state index contributed by atoms with van der Waals surface area (Å²) < 4.78 is 20.5. The number of rotatable bonds is 6. The number of methoxy groups -OCH3 is 2. The van der Waals surface area contributed by atoms with Gasteiger partial charge >= 0.3 is 0 Å². The number of fused-ring (bicyclic) bond motifs is 1. The Labute approximate surface area is 116 Å². The van der Waals surface area contributed by atoms with E-state index in [1.54, 1.807) is 12.1 Å². The Morgan fingerprint density at radius 3 is 2.30 bits per heavy atom. The van der Waals surface area contributed by atoms with Crippen molar-refractivity contribution in [2.75, 3.05) is 27.8 Å². The van der Waals surface area contributed by atoms with E-state index < -0.39 is 0 Å². The molecule has 0 saturated carbocycles. The van der Waals surface area contributed by atoms with Crippen LogP contribution in [0.25, 0.3) is 10.8 Å². The maximum Gasteiger partial charge on any atom is 0.188 e. The minimum absolute atomic E-state index is 0.0309. The summed E-state index contributed by atoms with van der Waals surface area (Å²) >= 11 is 0. The normalized spacial score (nSPS) is 10.7. The van der Waals surface area contributed by atoms with E-state index in [2.05, 4.69) is 0 Å². The van der Waals surface area contributed by atoms with Gasteiger partial charge in [-0.3, -0.25) is 0 Å². The predicted octanol–water partition coefficient (Wildman–Crippen LogP) is 2.22. The third kappa shape index (κ3) is 3.04. The second kappa shape index (κ2) is 6.31. The van der Waals surface area contributed by atoms with Crippen LogP contribution in [0.15, 0.2) is 24.3 Å². The van der Waals surface area contributed by atoms with Crippen molar-refractivity contribution in [3.63, 3.8) is 0 Å². The smallest absolute Gasteiger partial charge is 0.188 e. The van der Waals surface area contributed by atoms with Gasteiger partial charge in [0.25, 0.3) is 0 Å². The Morgan fingerprint density at radius 1 is 0.900 bits per heavy atom. The summed E-state index contributed by atoms with van der Waals surface area (Å²) in [7, 11) is 3.01. The molecule has 0 amide bonds. The third-order valence-electron chi connectivity index (χ3n) is 2.63. The van der Waals surface area contributed by atoms with E-state index >= 15 is 0 Å². The van der Waals surface area contributed by atoms with Gasteiger partial charge in [-0.15, -0.1) is 0 Å². The van der Waals surface area contributed by atoms with Crippen LogP contribution in [0.1, 0.15) is 0 Å². The molecule has 0 atom stereocenters. The van der Waals surface area contributed by atoms with E-state index in [0.717, 1.165) is 0 Å². The molecule has 0 aliphatic carbocycles. The number of benzene rings is 2. The van der Waals surface area contributed by atoms with Gasteiger partial charge < -0.3 is 29.2 Å². The van der Waals surface area contributed by atoms with Gasteiger partial charge in [0.15, 0.2) is 13.6 Å². The summed E-state index contributed by atoms with van der Waals surface area (Å²) in [5.74, 6) is 0.768. The highest BCUT2D eigenvalue weighted by Crippen LogP contribution is 2.39. The molecule has 2 rings (SSSR count). The number of hydrogen-bond donors (Lipinski definition) is 2. The van der Waals surface area contributed by atoms with Gasteiger partial charge in [0.1, 0.15) is 23.0 Å². The fourth-order valence-corrected chi connectivity index (χ4v) is 1.86. The minimum atomic E-state index is -0.0793. The number of hydrogen-bond acceptors (Lipinski definition) is 6. The fourth-order valence-electron chi connectivity index (χ4n) is 1.86. The lowest BCUT2D eigenvalue weighted by Crippen LogP contribution is -2.02. The van der Waals surface area contributed by atoms with Crippen molar-refractivity contribution in [3.8, 4) is 23.0 Å². The average molecular weight is 280 g/mol. The van der Waals surface area contributed by atoms with Crippen molar-refractivity contribution in [3.05, 3.63) is 24.3 Å². The van der Waals surface area contributed by atoms with Crippen molar-refractivity contribution in [1.29, 1.82) is 0 Å². The van der Waals surface area contributed by atoms with Gasteiger partial charge in [-0.1, -0.05) is 0 Å². The zero-order valence-electron chi connectivity index (χ0n) is 11.3. The molecule has 0 unspecified atom stereocenters. The Hall–Kier alpha value is -2.18. The first kappa shape index (κ1) is 14.2. The van der Waals surface area contributed by atoms with Crippen molar-refractivity contribution < 1.29 is 29.2 Å². The van der Waals surface area contributed by atoms with Crippen molar-refractivity contribution in [1.82, 2.24) is 0 Å². The van der Waals surface area contributed by atoms with E-state index in [4.69, 9.17) is 18.9 Å². The van der Waals surface area contributed by atoms with Gasteiger partial charge in [0.2, 0.25) is 0 Å². The van der Waals surface area contributed by atoms with Crippen LogP contribution in [0.2, 0.25) is 0 Å². The Morgan fingerprint density at radius 2 is 1.60 bits per heavy atom. The Kier molecular flexibility index (Phi) is 4.49. The van der Waals surface area contributed by atoms with E-state index in [1.165, 1.54) is 26.4 Å². The largest absolute Gasteiger partial charge is 0.508 e. The minimum Gasteiger partial charge on any atom is -0.508 e. The Bertz CT molecular complexity index is 596. The maximum absolute atomic E-state index is 9.95. The topological polar surface area (TPSA) is 77.4 Å². The van der Waals surface area contributed by atoms with Crippen LogP contribution in [0.3, 0.4) is 0 Å². The van der Waals surface area contributed by atoms with E-state index in [1.807, 2.05) is 0 Å². The predicted molar refractivity (Wildman–Crippen MR) is 72.3 cm³/mol. The lowest BCUT2D eigenvalue weighted by molar-refractivity contribution is 0.0468. The molecule has 6 nitrogen and oxygen atoms in total. The summed E-state index contributed by atoms with van der Waals surface area (Å²) in [6, 6.07) is 6.05. The molecule has 0 heterocycles. The molecule has 108 valence electrons. The monoisotopic (exact) mass is 280 g/mol. The van der Waals surface area contributed by atoms with E-state index in [9.17, 15) is 10.2 Å². The SMILES string of the molecule is COCOc1cc(OCOC)c2c(O)cc(O)cc2c1. The zero-order valence-corrected chi connectivity index (χ0v) is 11.3. The number of aromatic hydroxyl groups is 2. The zero-order chi connectivity index (χ0) is 14.5. The lowest BCUT2D eigenvalue weighted by atomic mass is 10.1. The molecule has 2 aromatic carbocycles. The van der Waals surface area contributed by atoms with Crippen LogP contribution in [0.4, 0.5) is 0 Å². The van der Waals surface area contributed by atoms with Crippen molar-refractivity contribution in [2.24, 2.45) is 0 Å². The maximum atomic E-state index is 9.95. The van der Waals surface area contributed by atoms with Gasteiger partial charge in [0, 0.05) is 26.4 Å². The van der Waals surface area contributed by atoms with Crippen LogP contribution in [0, 0.1) is 0 Å². The molecule has 6 heteroatoms. The van der Waals surface area contributed by atoms with Crippen LogP contribution in [0.5, 0.6) is 23.0 Å². The molecule has 0 aromatic heterocycles. The van der Waals surface area contributed by atoms with Crippen LogP contribution >= 0.6 is 0 Å². The molecule has 0 radical (unpaired) electrons. The number of phenolic OH excluding ortho intramolecular Hbond substituents is 2. The summed E-state index contributed by atoms with van der Waals surface area (Å²) in [5, 5.41) is 20.6. The highest BCUT2D eigenvalue weighted by Gasteiger charge is 2.12. The second-order valence-corrected chi connectivity index (χ2v) is 4.09. The molecule has 0 aliphatic heterocycles. The third-order valence-corrected chi connectivity index (χ3v) is 2.63. The quantitative estimate of drug-likeness (QED) is 0.790. The van der Waals surface area contributed by atoms with Crippen LogP contribution < -0.4 is 9.47 Å². The summed E-state index contributed by atoms with van der Waals surface area (Å²) in [6.07, 6.45) is 0. The highest BCUT2D eigenvalue weighted by atomic mass is 16.7. The lowest BCUT2D eigenvalue weighted by Gasteiger charge is -2.13. The van der Waals surface area contributed by atoms with Crippen LogP contribution in [-0.2, 0) is 9.47 Å². The fraction of sp³-hybridized carbons (Fsp3) is 0.286. The molecule has 2 N–H and O–H groups in total. The van der Waals surface area contributed by atoms with Crippen molar-refractivity contribution >= 4 is 10.8 Å². The first-order valence-corrected chi connectivity index (χ1v) is 5.89. The first-order chi connectivity index (χ1) is 9.65. The summed E-state index contributed by atoms with van der Waals surface area (Å²) in [5.41, 5.74) is 0. The molecule has 0 spiro atoms. The molecule has 0 aliphatic rings. The molecule has 0 bridgehead atoms. The number of phenols is 2. The van der Waals surface area contributed by atoms with Crippen molar-refractivity contribution in [2.45, 2.75) is 0 Å². The molecule has 2 aromatic rings. The molecular weight excluding hydrogens is 264 g/mol. The summed E-state index contributed by atoms with van der Waals surface area (Å²) in [4.78, 5) is 0. The first-order valence-electron chi connectivity index (χ1n) is 5.89. The van der Waals surface area contributed by atoms with Gasteiger partial charge in [-0.2, -0.15) is 0 Å². The van der Waals surface area contributed by atoms with E-state index in [-0.39, 0.29) is 25.1 Å². The average Bonchev–Trinajstić information content (AvgIpc) is 2.41. The molecular formula is C14H16O6. The van der Waals surface area contributed by atoms with E-state index in [0.29, 0.717) is 22.3 Å².